The first kappa shape index (κ1) is 46.7. The predicted molar refractivity (Wildman–Crippen MR) is 226 cm³/mol. The van der Waals surface area contributed by atoms with Crippen LogP contribution in [-0.2, 0) is 47.4 Å². The second-order valence-corrected chi connectivity index (χ2v) is 19.2. The first-order chi connectivity index (χ1) is 29.0. The molecule has 4 saturated heterocycles. The van der Waals surface area contributed by atoms with Crippen LogP contribution >= 0.6 is 0 Å². The molecule has 0 saturated carbocycles. The molecule has 0 aromatic heterocycles. The van der Waals surface area contributed by atoms with Gasteiger partial charge in [-0.2, -0.15) is 0 Å². The molecule has 2 bridgehead atoms. The van der Waals surface area contributed by atoms with Gasteiger partial charge in [-0.3, -0.25) is 4.79 Å². The molecule has 1 spiro atoms. The third-order valence-corrected chi connectivity index (χ3v) is 14.3. The smallest absolute Gasteiger partial charge is 0.316 e. The molecule has 0 radical (unpaired) electrons. The lowest BCUT2D eigenvalue weighted by atomic mass is 9.71. The molecule has 1 aliphatic carbocycles. The molecular weight excluding hydrogens is 785 g/mol. The predicted octanol–water partition coefficient (Wildman–Crippen LogP) is 6.00. The van der Waals surface area contributed by atoms with Gasteiger partial charge in [-0.25, -0.2) is 0 Å². The fourth-order valence-electron chi connectivity index (χ4n) is 10.8. The van der Waals surface area contributed by atoms with Crippen LogP contribution in [0.2, 0.25) is 0 Å². The van der Waals surface area contributed by atoms with Crippen molar-refractivity contribution in [3.63, 3.8) is 0 Å². The number of rotatable bonds is 7. The van der Waals surface area contributed by atoms with E-state index in [1.165, 1.54) is 0 Å². The maximum Gasteiger partial charge on any atom is 0.316 e. The summed E-state index contributed by atoms with van der Waals surface area (Å²) in [5, 5.41) is 34.2. The van der Waals surface area contributed by atoms with Crippen LogP contribution in [0.15, 0.2) is 59.3 Å². The maximum atomic E-state index is 14.3. The van der Waals surface area contributed by atoms with Gasteiger partial charge in [0.15, 0.2) is 18.4 Å². The Morgan fingerprint density at radius 3 is 2.38 bits per heavy atom. The fourth-order valence-corrected chi connectivity index (χ4v) is 10.8. The van der Waals surface area contributed by atoms with Gasteiger partial charge < -0.3 is 58.0 Å². The summed E-state index contributed by atoms with van der Waals surface area (Å²) >= 11 is 0. The zero-order valence-corrected chi connectivity index (χ0v) is 37.8. The molecule has 0 aromatic rings. The van der Waals surface area contributed by atoms with Crippen molar-refractivity contribution in [2.75, 3.05) is 13.7 Å². The van der Waals surface area contributed by atoms with Crippen molar-refractivity contribution in [2.24, 2.45) is 29.6 Å². The summed E-state index contributed by atoms with van der Waals surface area (Å²) in [6, 6.07) is 0. The lowest BCUT2D eigenvalue weighted by molar-refractivity contribution is -0.310. The number of methoxy groups -OCH3 is 1. The Hall–Kier alpha value is -2.27. The molecule has 6 heterocycles. The van der Waals surface area contributed by atoms with Crippen LogP contribution in [0.1, 0.15) is 101 Å². The molecule has 6 aliphatic heterocycles. The van der Waals surface area contributed by atoms with Gasteiger partial charge in [0.25, 0.3) is 0 Å². The summed E-state index contributed by atoms with van der Waals surface area (Å²) in [7, 11) is 1.59. The van der Waals surface area contributed by atoms with E-state index in [9.17, 15) is 20.1 Å². The van der Waals surface area contributed by atoms with E-state index in [1.54, 1.807) is 26.2 Å². The third kappa shape index (κ3) is 9.59. The van der Waals surface area contributed by atoms with E-state index in [2.05, 4.69) is 53.7 Å². The Kier molecular flexibility index (Phi) is 14.6. The minimum absolute atomic E-state index is 0.0452. The lowest BCUT2D eigenvalue weighted by Crippen LogP contribution is -2.58. The number of carbonyl (C=O) groups is 1. The maximum absolute atomic E-state index is 14.3. The Bertz CT molecular complexity index is 1700. The minimum Gasteiger partial charge on any atom is -0.462 e. The van der Waals surface area contributed by atoms with Crippen LogP contribution in [-0.4, -0.2) is 126 Å². The fraction of sp³-hybridized carbons (Fsp3) is 0.771. The van der Waals surface area contributed by atoms with E-state index < -0.39 is 72.5 Å². The van der Waals surface area contributed by atoms with Crippen molar-refractivity contribution in [2.45, 2.75) is 192 Å². The summed E-state index contributed by atoms with van der Waals surface area (Å²) < 4.78 is 57.9. The quantitative estimate of drug-likeness (QED) is 0.202. The van der Waals surface area contributed by atoms with Gasteiger partial charge in [-0.15, -0.1) is 0 Å². The molecule has 7 rings (SSSR count). The van der Waals surface area contributed by atoms with Crippen molar-refractivity contribution in [3.8, 4) is 0 Å². The standard InChI is InChI=1S/C48H72O13/c1-11-32-20-38(56-31(9)44(32)59-39-22-37(53-10)41(50)30(8)55-39)58-43-26(4)13-12-14-33-24-54-45-40(49)29(7)19-36(48(33,45)52)46(51)57-35-21-34(16-15-27(43)5)60-47(23-35)18-17-28(6)42(61-47)25(2)3/h12-15,17-19,25-26,28,30-32,34-45,49-50,52H,11,16,20-24H2,1-10H3/b13-12+,27-15+,33-14+/t26-,28-,30-,31-,32-,34+,35-,36-,37-,38-,39-,40+,41-,42+,43-,44-,45+,47+,48+/m0/s1. The number of hydrogen-bond donors (Lipinski definition) is 3. The van der Waals surface area contributed by atoms with Crippen LogP contribution in [0.3, 0.4) is 0 Å². The SMILES string of the molecule is CC[C@H]1C[C@H](O[C@@H]2/C(C)=C/C[C@@H]3C[C@@H](C[C@]4(C=C[C@H](C)[C@@H](C(C)C)O4)O3)OC(=O)[C@@H]3C=C(C)[C@@H](O)[C@H]4OC/C(=C\C=C\[C@@H]2C)[C@]43O)O[C@@H](C)[C@@H]1O[C@H]1C[C@H](OC)[C@@H](O)[C@H](C)O1. The molecule has 0 unspecified atom stereocenters. The number of aliphatic hydroxyl groups is 3. The number of ether oxygens (including phenoxy) is 9. The van der Waals surface area contributed by atoms with E-state index in [0.29, 0.717) is 43.3 Å². The molecule has 7 aliphatic rings. The lowest BCUT2D eigenvalue weighted by Gasteiger charge is -2.48. The summed E-state index contributed by atoms with van der Waals surface area (Å²) in [6.45, 7) is 18.3. The van der Waals surface area contributed by atoms with Gasteiger partial charge in [-0.05, 0) is 68.7 Å². The van der Waals surface area contributed by atoms with Gasteiger partial charge in [0, 0.05) is 44.6 Å². The van der Waals surface area contributed by atoms with Crippen LogP contribution in [0.5, 0.6) is 0 Å². The molecule has 342 valence electrons. The zero-order valence-electron chi connectivity index (χ0n) is 37.8. The van der Waals surface area contributed by atoms with Crippen LogP contribution in [0.4, 0.5) is 0 Å². The Morgan fingerprint density at radius 2 is 1.66 bits per heavy atom. The van der Waals surface area contributed by atoms with Crippen LogP contribution in [0.25, 0.3) is 0 Å². The summed E-state index contributed by atoms with van der Waals surface area (Å²) in [6.07, 6.45) is 10.0. The van der Waals surface area contributed by atoms with Gasteiger partial charge >= 0.3 is 5.97 Å². The van der Waals surface area contributed by atoms with Crippen LogP contribution in [0, 0.1) is 29.6 Å². The summed E-state index contributed by atoms with van der Waals surface area (Å²) in [5.41, 5.74) is 0.210. The van der Waals surface area contributed by atoms with Gasteiger partial charge in [0.05, 0.1) is 49.3 Å². The minimum atomic E-state index is -1.82. The van der Waals surface area contributed by atoms with E-state index in [1.807, 2.05) is 32.1 Å². The third-order valence-electron chi connectivity index (χ3n) is 14.3. The van der Waals surface area contributed by atoms with Crippen LogP contribution < -0.4 is 0 Å². The highest BCUT2D eigenvalue weighted by Gasteiger charge is 2.60. The highest BCUT2D eigenvalue weighted by Crippen LogP contribution is 2.47. The zero-order chi connectivity index (χ0) is 44.0. The number of fused-ring (bicyclic) bond motifs is 2. The second kappa shape index (κ2) is 19.1. The number of hydrogen-bond acceptors (Lipinski definition) is 13. The van der Waals surface area contributed by atoms with E-state index in [-0.39, 0.29) is 60.8 Å². The Morgan fingerprint density at radius 1 is 0.918 bits per heavy atom. The molecule has 0 aromatic carbocycles. The van der Waals surface area contributed by atoms with Crippen molar-refractivity contribution < 1.29 is 62.7 Å². The highest BCUT2D eigenvalue weighted by molar-refractivity contribution is 5.78. The highest BCUT2D eigenvalue weighted by atomic mass is 16.7. The molecule has 0 amide bonds. The normalized spacial score (nSPS) is 49.3. The van der Waals surface area contributed by atoms with E-state index in [4.69, 9.17) is 42.6 Å². The molecule has 3 N–H and O–H groups in total. The Labute approximate surface area is 362 Å². The van der Waals surface area contributed by atoms with Gasteiger partial charge in [-0.1, -0.05) is 77.5 Å². The van der Waals surface area contributed by atoms with Crippen molar-refractivity contribution in [3.05, 3.63) is 59.3 Å². The summed E-state index contributed by atoms with van der Waals surface area (Å²) in [5.74, 6) is -2.41. The molecular formula is C48H72O13. The van der Waals surface area contributed by atoms with Crippen molar-refractivity contribution in [1.29, 1.82) is 0 Å². The first-order valence-corrected chi connectivity index (χ1v) is 22.8. The van der Waals surface area contributed by atoms with Crippen molar-refractivity contribution >= 4 is 5.97 Å². The van der Waals surface area contributed by atoms with Gasteiger partial charge in [0.2, 0.25) is 0 Å². The number of esters is 1. The summed E-state index contributed by atoms with van der Waals surface area (Å²) in [4.78, 5) is 14.3. The Balaban J connectivity index is 1.18. The number of carbonyl (C=O) groups excluding carboxylic acids is 1. The molecule has 13 nitrogen and oxygen atoms in total. The van der Waals surface area contributed by atoms with E-state index >= 15 is 0 Å². The average Bonchev–Trinajstić information content (AvgIpc) is 3.56. The topological polar surface area (TPSA) is 161 Å². The monoisotopic (exact) mass is 856 g/mol. The average molecular weight is 857 g/mol. The number of aliphatic hydroxyl groups excluding tert-OH is 2. The molecule has 13 heteroatoms. The van der Waals surface area contributed by atoms with E-state index in [0.717, 1.165) is 12.0 Å². The first-order valence-electron chi connectivity index (χ1n) is 22.8. The van der Waals surface area contributed by atoms with Gasteiger partial charge in [0.1, 0.15) is 35.9 Å². The second-order valence-electron chi connectivity index (χ2n) is 19.2. The molecule has 61 heavy (non-hydrogen) atoms. The molecule has 4 fully saturated rings. The number of allylic oxidation sites excluding steroid dienone is 2. The largest absolute Gasteiger partial charge is 0.462 e. The molecule has 19 atom stereocenters. The van der Waals surface area contributed by atoms with Crippen molar-refractivity contribution in [1.82, 2.24) is 0 Å².